The number of carbonyl (C=O) groups is 1. The number of anilines is 1. The molecule has 0 saturated heterocycles. The van der Waals surface area contributed by atoms with E-state index < -0.39 is 0 Å². The maximum absolute atomic E-state index is 12.1. The molecule has 2 rings (SSSR count). The van der Waals surface area contributed by atoms with E-state index in [0.29, 0.717) is 31.1 Å². The van der Waals surface area contributed by atoms with Crippen LogP contribution in [0.5, 0.6) is 0 Å². The van der Waals surface area contributed by atoms with E-state index in [2.05, 4.69) is 20.5 Å². The fourth-order valence-electron chi connectivity index (χ4n) is 1.90. The van der Waals surface area contributed by atoms with Crippen LogP contribution in [-0.2, 0) is 6.54 Å². The van der Waals surface area contributed by atoms with Crippen LogP contribution in [0.1, 0.15) is 30.0 Å². The average Bonchev–Trinajstić information content (AvgIpc) is 2.55. The first-order chi connectivity index (χ1) is 10.2. The van der Waals surface area contributed by atoms with Gasteiger partial charge in [-0.25, -0.2) is 0 Å². The molecule has 0 aliphatic heterocycles. The topological polar surface area (TPSA) is 71.0 Å². The zero-order valence-corrected chi connectivity index (χ0v) is 12.3. The summed E-state index contributed by atoms with van der Waals surface area (Å²) in [4.78, 5) is 18.0. The summed E-state index contributed by atoms with van der Waals surface area (Å²) in [5.74, 6) is 0.528. The van der Waals surface area contributed by atoms with Crippen LogP contribution in [0.15, 0.2) is 36.5 Å². The van der Waals surface area contributed by atoms with Gasteiger partial charge in [-0.3, -0.25) is 9.78 Å². The standard InChI is InChI=1S/C15H19N5O/c1-3-20(4-2)15(21)13-8-9-14(19-18-13)17-11-12-7-5-6-10-16-12/h5-10H,3-4,11H2,1-2H3,(H,17,19). The van der Waals surface area contributed by atoms with Crippen molar-refractivity contribution in [3.8, 4) is 0 Å². The maximum Gasteiger partial charge on any atom is 0.274 e. The van der Waals surface area contributed by atoms with E-state index in [-0.39, 0.29) is 5.91 Å². The predicted molar refractivity (Wildman–Crippen MR) is 80.8 cm³/mol. The molecule has 2 aromatic rings. The molecule has 0 aromatic carbocycles. The minimum atomic E-state index is -0.0937. The van der Waals surface area contributed by atoms with Crippen LogP contribution in [0, 0.1) is 0 Å². The maximum atomic E-state index is 12.1. The van der Waals surface area contributed by atoms with Crippen molar-refractivity contribution < 1.29 is 4.79 Å². The molecule has 1 N–H and O–H groups in total. The van der Waals surface area contributed by atoms with E-state index in [9.17, 15) is 4.79 Å². The molecule has 0 unspecified atom stereocenters. The Hall–Kier alpha value is -2.50. The van der Waals surface area contributed by atoms with E-state index in [1.165, 1.54) is 0 Å². The SMILES string of the molecule is CCN(CC)C(=O)c1ccc(NCc2ccccn2)nn1. The Morgan fingerprint density at radius 1 is 1.14 bits per heavy atom. The molecule has 0 aliphatic carbocycles. The predicted octanol–water partition coefficient (Wildman–Crippen LogP) is 1.97. The van der Waals surface area contributed by atoms with Crippen molar-refractivity contribution in [1.29, 1.82) is 0 Å². The molecule has 2 heterocycles. The van der Waals surface area contributed by atoms with Crippen LogP contribution in [-0.4, -0.2) is 39.1 Å². The third-order valence-electron chi connectivity index (χ3n) is 3.11. The second-order valence-electron chi connectivity index (χ2n) is 4.46. The van der Waals surface area contributed by atoms with E-state index in [0.717, 1.165) is 5.69 Å². The van der Waals surface area contributed by atoms with Gasteiger partial charge in [-0.2, -0.15) is 0 Å². The van der Waals surface area contributed by atoms with E-state index in [1.54, 1.807) is 23.2 Å². The van der Waals surface area contributed by atoms with E-state index >= 15 is 0 Å². The Bertz CT molecular complexity index is 566. The van der Waals surface area contributed by atoms with Gasteiger partial charge in [0, 0.05) is 19.3 Å². The molecule has 6 nitrogen and oxygen atoms in total. The molecule has 0 fully saturated rings. The fourth-order valence-corrected chi connectivity index (χ4v) is 1.90. The molecule has 2 aromatic heterocycles. The summed E-state index contributed by atoms with van der Waals surface area (Å²) < 4.78 is 0. The van der Waals surface area contributed by atoms with Crippen molar-refractivity contribution in [1.82, 2.24) is 20.1 Å². The quantitative estimate of drug-likeness (QED) is 0.878. The van der Waals surface area contributed by atoms with Gasteiger partial charge < -0.3 is 10.2 Å². The summed E-state index contributed by atoms with van der Waals surface area (Å²) in [5.41, 5.74) is 1.28. The Kier molecular flexibility index (Phi) is 5.20. The molecular weight excluding hydrogens is 266 g/mol. The second-order valence-corrected chi connectivity index (χ2v) is 4.46. The third kappa shape index (κ3) is 3.98. The van der Waals surface area contributed by atoms with E-state index in [1.807, 2.05) is 32.0 Å². The summed E-state index contributed by atoms with van der Waals surface area (Å²) in [6, 6.07) is 9.18. The lowest BCUT2D eigenvalue weighted by atomic mass is 10.3. The molecule has 0 spiro atoms. The molecule has 0 radical (unpaired) electrons. The van der Waals surface area contributed by atoms with E-state index in [4.69, 9.17) is 0 Å². The highest BCUT2D eigenvalue weighted by Gasteiger charge is 2.14. The van der Waals surface area contributed by atoms with Crippen LogP contribution < -0.4 is 5.32 Å². The number of nitrogens with one attached hydrogen (secondary N) is 1. The van der Waals surface area contributed by atoms with Gasteiger partial charge in [0.05, 0.1) is 12.2 Å². The summed E-state index contributed by atoms with van der Waals surface area (Å²) in [5, 5.41) is 11.1. The summed E-state index contributed by atoms with van der Waals surface area (Å²) in [6.45, 7) is 5.78. The molecule has 0 bridgehead atoms. The largest absolute Gasteiger partial charge is 0.363 e. The molecule has 0 atom stereocenters. The molecule has 0 aliphatic rings. The highest BCUT2D eigenvalue weighted by molar-refractivity contribution is 5.92. The number of nitrogens with zero attached hydrogens (tertiary/aromatic N) is 4. The van der Waals surface area contributed by atoms with Crippen molar-refractivity contribution in [3.05, 3.63) is 47.9 Å². The first kappa shape index (κ1) is 14.9. The number of amides is 1. The number of hydrogen-bond acceptors (Lipinski definition) is 5. The van der Waals surface area contributed by atoms with Gasteiger partial charge in [-0.15, -0.1) is 10.2 Å². The highest BCUT2D eigenvalue weighted by Crippen LogP contribution is 2.06. The lowest BCUT2D eigenvalue weighted by Crippen LogP contribution is -2.31. The molecule has 0 saturated carbocycles. The van der Waals surface area contributed by atoms with Crippen molar-refractivity contribution in [2.24, 2.45) is 0 Å². The van der Waals surface area contributed by atoms with Crippen molar-refractivity contribution in [3.63, 3.8) is 0 Å². The van der Waals surface area contributed by atoms with Gasteiger partial charge >= 0.3 is 0 Å². The van der Waals surface area contributed by atoms with Crippen molar-refractivity contribution >= 4 is 11.7 Å². The van der Waals surface area contributed by atoms with Gasteiger partial charge in [0.25, 0.3) is 5.91 Å². The zero-order chi connectivity index (χ0) is 15.1. The summed E-state index contributed by atoms with van der Waals surface area (Å²) in [6.07, 6.45) is 1.74. The van der Waals surface area contributed by atoms with Gasteiger partial charge in [0.2, 0.25) is 0 Å². The minimum Gasteiger partial charge on any atom is -0.363 e. The van der Waals surface area contributed by atoms with Crippen LogP contribution in [0.4, 0.5) is 5.82 Å². The minimum absolute atomic E-state index is 0.0937. The van der Waals surface area contributed by atoms with Gasteiger partial charge in [0.15, 0.2) is 5.69 Å². The van der Waals surface area contributed by atoms with Gasteiger partial charge in [0.1, 0.15) is 5.82 Å². The normalized spacial score (nSPS) is 10.2. The number of rotatable bonds is 6. The van der Waals surface area contributed by atoms with Crippen molar-refractivity contribution in [2.45, 2.75) is 20.4 Å². The zero-order valence-electron chi connectivity index (χ0n) is 12.3. The Balaban J connectivity index is 1.97. The monoisotopic (exact) mass is 285 g/mol. The lowest BCUT2D eigenvalue weighted by molar-refractivity contribution is 0.0766. The van der Waals surface area contributed by atoms with Crippen LogP contribution in [0.3, 0.4) is 0 Å². The Morgan fingerprint density at radius 3 is 2.52 bits per heavy atom. The van der Waals surface area contributed by atoms with Crippen LogP contribution in [0.2, 0.25) is 0 Å². The second kappa shape index (κ2) is 7.33. The highest BCUT2D eigenvalue weighted by atomic mass is 16.2. The summed E-state index contributed by atoms with van der Waals surface area (Å²) >= 11 is 0. The van der Waals surface area contributed by atoms with Gasteiger partial charge in [-0.1, -0.05) is 6.07 Å². The molecule has 110 valence electrons. The average molecular weight is 285 g/mol. The first-order valence-electron chi connectivity index (χ1n) is 7.01. The number of pyridine rings is 1. The number of carbonyl (C=O) groups excluding carboxylic acids is 1. The Morgan fingerprint density at radius 2 is 1.95 bits per heavy atom. The van der Waals surface area contributed by atoms with Crippen LogP contribution >= 0.6 is 0 Å². The third-order valence-corrected chi connectivity index (χ3v) is 3.11. The summed E-state index contributed by atoms with van der Waals surface area (Å²) in [7, 11) is 0. The smallest absolute Gasteiger partial charge is 0.274 e. The molecule has 21 heavy (non-hydrogen) atoms. The van der Waals surface area contributed by atoms with Crippen LogP contribution in [0.25, 0.3) is 0 Å². The number of aromatic nitrogens is 3. The Labute approximate surface area is 124 Å². The molecule has 1 amide bonds. The first-order valence-corrected chi connectivity index (χ1v) is 7.01. The van der Waals surface area contributed by atoms with Crippen molar-refractivity contribution in [2.75, 3.05) is 18.4 Å². The fraction of sp³-hybridized carbons (Fsp3) is 0.333. The lowest BCUT2D eigenvalue weighted by Gasteiger charge is -2.17. The molecular formula is C15H19N5O. The van der Waals surface area contributed by atoms with Gasteiger partial charge in [-0.05, 0) is 38.1 Å². The molecule has 6 heteroatoms. The number of hydrogen-bond donors (Lipinski definition) is 1.